The molecular weight excluding hydrogens is 242 g/mol. The van der Waals surface area contributed by atoms with Gasteiger partial charge in [-0.05, 0) is 28.3 Å². The Morgan fingerprint density at radius 1 is 1.64 bits per heavy atom. The number of hydrogen-bond donors (Lipinski definition) is 1. The third-order valence-electron chi connectivity index (χ3n) is 2.62. The van der Waals surface area contributed by atoms with Crippen LogP contribution in [0.25, 0.3) is 0 Å². The molecule has 76 valence electrons. The van der Waals surface area contributed by atoms with E-state index in [1.54, 1.807) is 6.20 Å². The fraction of sp³-hybridized carbons (Fsp3) is 0.500. The van der Waals surface area contributed by atoms with E-state index in [0.717, 1.165) is 23.5 Å². The first-order valence-electron chi connectivity index (χ1n) is 4.83. The summed E-state index contributed by atoms with van der Waals surface area (Å²) in [6, 6.07) is 1.93. The Bertz CT molecular complexity index is 340. The average molecular weight is 256 g/mol. The maximum absolute atomic E-state index is 5.67. The Balaban J connectivity index is 2.27. The van der Waals surface area contributed by atoms with Crippen LogP contribution in [0.1, 0.15) is 13.3 Å². The highest BCUT2D eigenvalue weighted by molar-refractivity contribution is 9.10. The van der Waals surface area contributed by atoms with E-state index in [4.69, 9.17) is 5.73 Å². The van der Waals surface area contributed by atoms with E-state index in [2.05, 4.69) is 32.7 Å². The molecule has 0 unspecified atom stereocenters. The Morgan fingerprint density at radius 2 is 2.43 bits per heavy atom. The summed E-state index contributed by atoms with van der Waals surface area (Å²) in [7, 11) is 0. The van der Waals surface area contributed by atoms with Crippen LogP contribution in [0.2, 0.25) is 0 Å². The zero-order valence-corrected chi connectivity index (χ0v) is 9.79. The summed E-state index contributed by atoms with van der Waals surface area (Å²) in [5.74, 6) is 1.36. The monoisotopic (exact) mass is 255 g/mol. The zero-order valence-electron chi connectivity index (χ0n) is 8.20. The van der Waals surface area contributed by atoms with Gasteiger partial charge in [0, 0.05) is 25.4 Å². The standard InChI is InChI=1S/C10H14BrN3/c1-7-2-3-14(6-7)9-4-10(12)13-5-8(9)11/h4-5,7H,2-3,6H2,1H3,(H2,12,13)/t7-/m0/s1. The smallest absolute Gasteiger partial charge is 0.125 e. The molecule has 0 amide bonds. The lowest BCUT2D eigenvalue weighted by molar-refractivity contribution is 0.659. The maximum atomic E-state index is 5.67. The van der Waals surface area contributed by atoms with Gasteiger partial charge >= 0.3 is 0 Å². The second-order valence-corrected chi connectivity index (χ2v) is 4.75. The molecule has 2 heterocycles. The Labute approximate surface area is 92.4 Å². The van der Waals surface area contributed by atoms with Gasteiger partial charge in [0.25, 0.3) is 0 Å². The number of rotatable bonds is 1. The van der Waals surface area contributed by atoms with E-state index in [-0.39, 0.29) is 0 Å². The molecule has 4 heteroatoms. The van der Waals surface area contributed by atoms with Gasteiger partial charge in [-0.15, -0.1) is 0 Å². The number of anilines is 2. The van der Waals surface area contributed by atoms with Crippen LogP contribution in [0.4, 0.5) is 11.5 Å². The molecule has 3 nitrogen and oxygen atoms in total. The summed E-state index contributed by atoms with van der Waals surface area (Å²) < 4.78 is 1.03. The molecule has 0 radical (unpaired) electrons. The predicted octanol–water partition coefficient (Wildman–Crippen LogP) is 2.27. The van der Waals surface area contributed by atoms with Crippen LogP contribution in [-0.2, 0) is 0 Å². The van der Waals surface area contributed by atoms with Gasteiger partial charge in [0.2, 0.25) is 0 Å². The normalized spacial score (nSPS) is 21.6. The van der Waals surface area contributed by atoms with Crippen LogP contribution in [0.5, 0.6) is 0 Å². The Hall–Kier alpha value is -0.770. The van der Waals surface area contributed by atoms with Crippen LogP contribution in [0, 0.1) is 5.92 Å². The molecule has 0 saturated carbocycles. The minimum Gasteiger partial charge on any atom is -0.384 e. The van der Waals surface area contributed by atoms with Gasteiger partial charge in [0.15, 0.2) is 0 Å². The van der Waals surface area contributed by atoms with Crippen molar-refractivity contribution in [3.63, 3.8) is 0 Å². The molecular formula is C10H14BrN3. The van der Waals surface area contributed by atoms with Crippen molar-refractivity contribution < 1.29 is 0 Å². The van der Waals surface area contributed by atoms with Crippen molar-refractivity contribution >= 4 is 27.4 Å². The fourth-order valence-corrected chi connectivity index (χ4v) is 2.31. The third-order valence-corrected chi connectivity index (χ3v) is 3.23. The number of halogens is 1. The first-order valence-corrected chi connectivity index (χ1v) is 5.62. The van der Waals surface area contributed by atoms with Crippen LogP contribution in [0.3, 0.4) is 0 Å². The molecule has 14 heavy (non-hydrogen) atoms. The summed E-state index contributed by atoms with van der Waals surface area (Å²) >= 11 is 3.50. The first-order chi connectivity index (χ1) is 6.66. The van der Waals surface area contributed by atoms with Crippen molar-refractivity contribution in [1.82, 2.24) is 4.98 Å². The highest BCUT2D eigenvalue weighted by Crippen LogP contribution is 2.30. The zero-order chi connectivity index (χ0) is 10.1. The Kier molecular flexibility index (Phi) is 2.63. The summed E-state index contributed by atoms with van der Waals surface area (Å²) in [5.41, 5.74) is 6.84. The van der Waals surface area contributed by atoms with E-state index in [0.29, 0.717) is 5.82 Å². The molecule has 0 spiro atoms. The SMILES string of the molecule is C[C@H]1CCN(c2cc(N)ncc2Br)C1. The third kappa shape index (κ3) is 1.85. The summed E-state index contributed by atoms with van der Waals surface area (Å²) in [5, 5.41) is 0. The van der Waals surface area contributed by atoms with Gasteiger partial charge in [-0.25, -0.2) is 4.98 Å². The number of pyridine rings is 1. The van der Waals surface area contributed by atoms with E-state index in [9.17, 15) is 0 Å². The minimum absolute atomic E-state index is 0.586. The molecule has 0 aromatic carbocycles. The maximum Gasteiger partial charge on any atom is 0.125 e. The topological polar surface area (TPSA) is 42.1 Å². The molecule has 1 fully saturated rings. The van der Waals surface area contributed by atoms with Gasteiger partial charge in [-0.2, -0.15) is 0 Å². The number of nitrogens with two attached hydrogens (primary N) is 1. The van der Waals surface area contributed by atoms with Gasteiger partial charge in [-0.3, -0.25) is 0 Å². The first kappa shape index (κ1) is 9.77. The van der Waals surface area contributed by atoms with Crippen molar-refractivity contribution in [3.05, 3.63) is 16.7 Å². The molecule has 1 aliphatic rings. The van der Waals surface area contributed by atoms with Crippen LogP contribution < -0.4 is 10.6 Å². The lowest BCUT2D eigenvalue weighted by atomic mass is 10.2. The summed E-state index contributed by atoms with van der Waals surface area (Å²) in [4.78, 5) is 6.39. The van der Waals surface area contributed by atoms with Crippen molar-refractivity contribution in [2.45, 2.75) is 13.3 Å². The van der Waals surface area contributed by atoms with E-state index < -0.39 is 0 Å². The molecule has 1 saturated heterocycles. The molecule has 2 rings (SSSR count). The molecule has 0 aliphatic carbocycles. The molecule has 1 aromatic rings. The second-order valence-electron chi connectivity index (χ2n) is 3.90. The number of nitrogens with zero attached hydrogens (tertiary/aromatic N) is 2. The number of nitrogen functional groups attached to an aromatic ring is 1. The van der Waals surface area contributed by atoms with Gasteiger partial charge < -0.3 is 10.6 Å². The fourth-order valence-electron chi connectivity index (χ4n) is 1.84. The number of aromatic nitrogens is 1. The van der Waals surface area contributed by atoms with Crippen molar-refractivity contribution in [1.29, 1.82) is 0 Å². The molecule has 1 aromatic heterocycles. The summed E-state index contributed by atoms with van der Waals surface area (Å²) in [6.45, 7) is 4.50. The molecule has 2 N–H and O–H groups in total. The van der Waals surface area contributed by atoms with Crippen LogP contribution >= 0.6 is 15.9 Å². The molecule has 0 bridgehead atoms. The summed E-state index contributed by atoms with van der Waals surface area (Å²) in [6.07, 6.45) is 3.03. The van der Waals surface area contributed by atoms with Gasteiger partial charge in [-0.1, -0.05) is 6.92 Å². The van der Waals surface area contributed by atoms with E-state index in [1.807, 2.05) is 6.07 Å². The average Bonchev–Trinajstić information content (AvgIpc) is 2.56. The molecule has 1 aliphatic heterocycles. The number of hydrogen-bond acceptors (Lipinski definition) is 3. The van der Waals surface area contributed by atoms with Crippen molar-refractivity contribution in [3.8, 4) is 0 Å². The highest BCUT2D eigenvalue weighted by Gasteiger charge is 2.20. The highest BCUT2D eigenvalue weighted by atomic mass is 79.9. The van der Waals surface area contributed by atoms with Crippen LogP contribution in [0.15, 0.2) is 16.7 Å². The quantitative estimate of drug-likeness (QED) is 0.838. The Morgan fingerprint density at radius 3 is 3.07 bits per heavy atom. The minimum atomic E-state index is 0.586. The lowest BCUT2D eigenvalue weighted by Gasteiger charge is -2.19. The van der Waals surface area contributed by atoms with Gasteiger partial charge in [0.05, 0.1) is 10.2 Å². The van der Waals surface area contributed by atoms with Gasteiger partial charge in [0.1, 0.15) is 5.82 Å². The van der Waals surface area contributed by atoms with Crippen LogP contribution in [-0.4, -0.2) is 18.1 Å². The van der Waals surface area contributed by atoms with Crippen molar-refractivity contribution in [2.75, 3.05) is 23.7 Å². The second kappa shape index (κ2) is 3.77. The molecule has 1 atom stereocenters. The van der Waals surface area contributed by atoms with Crippen molar-refractivity contribution in [2.24, 2.45) is 5.92 Å². The predicted molar refractivity (Wildman–Crippen MR) is 62.3 cm³/mol. The largest absolute Gasteiger partial charge is 0.384 e. The van der Waals surface area contributed by atoms with E-state index in [1.165, 1.54) is 12.1 Å². The van der Waals surface area contributed by atoms with E-state index >= 15 is 0 Å². The lowest BCUT2D eigenvalue weighted by Crippen LogP contribution is -2.19.